The van der Waals surface area contributed by atoms with Crippen molar-refractivity contribution in [2.24, 2.45) is 0 Å². The molecule has 130 valence electrons. The summed E-state index contributed by atoms with van der Waals surface area (Å²) >= 11 is 0. The molecule has 1 fully saturated rings. The van der Waals surface area contributed by atoms with Crippen LogP contribution in [0.3, 0.4) is 0 Å². The molecule has 0 aliphatic carbocycles. The van der Waals surface area contributed by atoms with E-state index in [9.17, 15) is 15.3 Å². The van der Waals surface area contributed by atoms with Gasteiger partial charge in [-0.3, -0.25) is 0 Å². The lowest BCUT2D eigenvalue weighted by atomic mass is 9.78. The van der Waals surface area contributed by atoms with Crippen molar-refractivity contribution in [3.63, 3.8) is 0 Å². The predicted molar refractivity (Wildman–Crippen MR) is 87.5 cm³/mol. The SMILES string of the molecule is Cc1c(-n2c(O)c3c(c2O)[C@@]2(C)O[C@]3(C)CC2O)cnc(C#N)c1C. The van der Waals surface area contributed by atoms with Crippen molar-refractivity contribution in [2.45, 2.75) is 51.4 Å². The molecule has 0 spiro atoms. The van der Waals surface area contributed by atoms with Gasteiger partial charge in [0.15, 0.2) is 0 Å². The summed E-state index contributed by atoms with van der Waals surface area (Å²) in [5.74, 6) is -0.300. The van der Waals surface area contributed by atoms with Crippen molar-refractivity contribution >= 4 is 0 Å². The van der Waals surface area contributed by atoms with Gasteiger partial charge >= 0.3 is 0 Å². The number of ether oxygens (including phenoxy) is 1. The second-order valence-corrected chi connectivity index (χ2v) is 7.25. The zero-order valence-electron chi connectivity index (χ0n) is 14.5. The number of aromatic hydroxyl groups is 2. The number of aromatic nitrogens is 2. The topological polar surface area (TPSA) is 112 Å². The molecule has 25 heavy (non-hydrogen) atoms. The van der Waals surface area contributed by atoms with Crippen LogP contribution in [0.4, 0.5) is 0 Å². The van der Waals surface area contributed by atoms with Crippen LogP contribution in [-0.2, 0) is 15.9 Å². The zero-order valence-corrected chi connectivity index (χ0v) is 14.5. The number of rotatable bonds is 1. The van der Waals surface area contributed by atoms with Gasteiger partial charge in [0.05, 0.1) is 34.7 Å². The molecular formula is C18H19N3O4. The molecule has 7 heteroatoms. The second-order valence-electron chi connectivity index (χ2n) is 7.25. The smallest absolute Gasteiger partial charge is 0.205 e. The summed E-state index contributed by atoms with van der Waals surface area (Å²) in [4.78, 5) is 4.12. The maximum absolute atomic E-state index is 10.9. The molecule has 0 radical (unpaired) electrons. The van der Waals surface area contributed by atoms with E-state index in [2.05, 4.69) is 4.98 Å². The van der Waals surface area contributed by atoms with Gasteiger partial charge in [-0.05, 0) is 38.8 Å². The number of fused-ring (bicyclic) bond motifs is 5. The lowest BCUT2D eigenvalue weighted by molar-refractivity contribution is -0.0936. The van der Waals surface area contributed by atoms with E-state index in [1.165, 1.54) is 10.8 Å². The van der Waals surface area contributed by atoms with Crippen LogP contribution in [0.15, 0.2) is 6.20 Å². The van der Waals surface area contributed by atoms with Crippen LogP contribution >= 0.6 is 0 Å². The second kappa shape index (κ2) is 4.54. The summed E-state index contributed by atoms with van der Waals surface area (Å²) in [6, 6.07) is 2.03. The number of nitrogens with zero attached hydrogens (tertiary/aromatic N) is 3. The molecule has 1 unspecified atom stereocenters. The fourth-order valence-corrected chi connectivity index (χ4v) is 4.29. The van der Waals surface area contributed by atoms with Crippen LogP contribution < -0.4 is 0 Å². The van der Waals surface area contributed by atoms with Crippen molar-refractivity contribution in [3.8, 4) is 23.5 Å². The van der Waals surface area contributed by atoms with Gasteiger partial charge in [-0.2, -0.15) is 5.26 Å². The van der Waals surface area contributed by atoms with Crippen LogP contribution in [0.2, 0.25) is 0 Å². The minimum absolute atomic E-state index is 0.125. The third-order valence-corrected chi connectivity index (χ3v) is 5.77. The fraction of sp³-hybridized carbons (Fsp3) is 0.444. The number of pyridine rings is 1. The maximum Gasteiger partial charge on any atom is 0.205 e. The van der Waals surface area contributed by atoms with E-state index in [0.29, 0.717) is 34.5 Å². The van der Waals surface area contributed by atoms with Crippen LogP contribution in [0, 0.1) is 25.2 Å². The first-order chi connectivity index (χ1) is 11.7. The summed E-state index contributed by atoms with van der Waals surface area (Å²) in [6.45, 7) is 7.09. The largest absolute Gasteiger partial charge is 0.494 e. The highest BCUT2D eigenvalue weighted by atomic mass is 16.6. The molecule has 2 aromatic heterocycles. The van der Waals surface area contributed by atoms with E-state index in [1.54, 1.807) is 27.7 Å². The first-order valence-electron chi connectivity index (χ1n) is 8.08. The van der Waals surface area contributed by atoms with Gasteiger partial charge in [-0.25, -0.2) is 9.55 Å². The van der Waals surface area contributed by atoms with Gasteiger partial charge < -0.3 is 20.1 Å². The maximum atomic E-state index is 10.9. The van der Waals surface area contributed by atoms with Crippen LogP contribution in [0.25, 0.3) is 5.69 Å². The average molecular weight is 341 g/mol. The van der Waals surface area contributed by atoms with Crippen molar-refractivity contribution in [2.75, 3.05) is 0 Å². The predicted octanol–water partition coefficient (Wildman–Crippen LogP) is 2.00. The molecule has 4 heterocycles. The summed E-state index contributed by atoms with van der Waals surface area (Å²) in [6.07, 6.45) is 1.03. The molecule has 2 aromatic rings. The number of hydrogen-bond donors (Lipinski definition) is 3. The monoisotopic (exact) mass is 341 g/mol. The third kappa shape index (κ3) is 1.68. The van der Waals surface area contributed by atoms with Gasteiger partial charge in [0.25, 0.3) is 0 Å². The van der Waals surface area contributed by atoms with Crippen LogP contribution in [0.1, 0.15) is 48.2 Å². The lowest BCUT2D eigenvalue weighted by Gasteiger charge is -2.25. The summed E-state index contributed by atoms with van der Waals surface area (Å²) in [7, 11) is 0. The van der Waals surface area contributed by atoms with E-state index in [4.69, 9.17) is 10.00 Å². The highest BCUT2D eigenvalue weighted by Crippen LogP contribution is 2.64. The molecular weight excluding hydrogens is 322 g/mol. The molecule has 0 amide bonds. The van der Waals surface area contributed by atoms with Crippen molar-refractivity contribution < 1.29 is 20.1 Å². The lowest BCUT2D eigenvalue weighted by Crippen LogP contribution is -2.32. The standard InChI is InChI=1S/C18H19N3O4/c1-8-9(2)11(7-20-10(8)6-19)21-15(23)13-14(16(21)24)18(4)12(22)5-17(13,3)25-18/h7,12,22-24H,5H2,1-4H3/t12?,17-,18+/m1/s1. The number of aliphatic hydroxyl groups is 1. The molecule has 0 saturated carbocycles. The Morgan fingerprint density at radius 3 is 2.52 bits per heavy atom. The van der Waals surface area contributed by atoms with E-state index < -0.39 is 17.3 Å². The molecule has 3 N–H and O–H groups in total. The van der Waals surface area contributed by atoms with E-state index in [1.807, 2.05) is 6.07 Å². The third-order valence-electron chi connectivity index (χ3n) is 5.77. The average Bonchev–Trinajstić information content (AvgIpc) is 3.05. The normalized spacial score (nSPS) is 29.7. The first-order valence-corrected chi connectivity index (χ1v) is 8.08. The number of aliphatic hydroxyl groups excluding tert-OH is 1. The Morgan fingerprint density at radius 2 is 1.88 bits per heavy atom. The molecule has 4 rings (SSSR count). The highest BCUT2D eigenvalue weighted by molar-refractivity contribution is 5.63. The van der Waals surface area contributed by atoms with Crippen molar-refractivity contribution in [1.29, 1.82) is 5.26 Å². The fourth-order valence-electron chi connectivity index (χ4n) is 4.29. The molecule has 2 aliphatic rings. The van der Waals surface area contributed by atoms with Crippen molar-refractivity contribution in [3.05, 3.63) is 34.1 Å². The van der Waals surface area contributed by atoms with Gasteiger partial charge in [-0.1, -0.05) is 0 Å². The number of nitriles is 1. The Bertz CT molecular complexity index is 974. The van der Waals surface area contributed by atoms with Gasteiger partial charge in [-0.15, -0.1) is 0 Å². The molecule has 2 bridgehead atoms. The molecule has 3 atom stereocenters. The Kier molecular flexibility index (Phi) is 2.89. The van der Waals surface area contributed by atoms with Crippen LogP contribution in [0.5, 0.6) is 11.8 Å². The van der Waals surface area contributed by atoms with Gasteiger partial charge in [0, 0.05) is 6.42 Å². The Labute approximate surface area is 144 Å². The number of hydrogen-bond acceptors (Lipinski definition) is 6. The summed E-state index contributed by atoms with van der Waals surface area (Å²) < 4.78 is 7.29. The minimum atomic E-state index is -1.07. The summed E-state index contributed by atoms with van der Waals surface area (Å²) in [5.41, 5.74) is 1.19. The quantitative estimate of drug-likeness (QED) is 0.731. The van der Waals surface area contributed by atoms with Crippen molar-refractivity contribution in [1.82, 2.24) is 9.55 Å². The molecule has 0 aromatic carbocycles. The minimum Gasteiger partial charge on any atom is -0.494 e. The summed E-state index contributed by atoms with van der Waals surface area (Å²) in [5, 5.41) is 41.2. The Balaban J connectivity index is 2.02. The Hall–Kier alpha value is -2.56. The van der Waals surface area contributed by atoms with E-state index in [-0.39, 0.29) is 11.8 Å². The van der Waals surface area contributed by atoms with E-state index >= 15 is 0 Å². The highest BCUT2D eigenvalue weighted by Gasteiger charge is 2.64. The molecule has 2 aliphatic heterocycles. The van der Waals surface area contributed by atoms with Crippen LogP contribution in [-0.4, -0.2) is 31.0 Å². The van der Waals surface area contributed by atoms with Gasteiger partial charge in [0.1, 0.15) is 17.4 Å². The molecule has 7 nitrogen and oxygen atoms in total. The van der Waals surface area contributed by atoms with E-state index in [0.717, 1.165) is 5.56 Å². The molecule has 1 saturated heterocycles. The zero-order chi connectivity index (χ0) is 18.3. The van der Waals surface area contributed by atoms with Gasteiger partial charge in [0.2, 0.25) is 11.8 Å². The first kappa shape index (κ1) is 15.9. The Morgan fingerprint density at radius 1 is 1.24 bits per heavy atom.